The lowest BCUT2D eigenvalue weighted by Crippen LogP contribution is -2.16. The Kier molecular flexibility index (Phi) is 5.02. The molecule has 4 N–H and O–H groups in total. The van der Waals surface area contributed by atoms with Crippen LogP contribution in [0.2, 0.25) is 5.02 Å². The van der Waals surface area contributed by atoms with Crippen molar-refractivity contribution in [3.8, 4) is 5.75 Å². The van der Waals surface area contributed by atoms with Gasteiger partial charge in [0.15, 0.2) is 5.69 Å². The molecule has 0 radical (unpaired) electrons. The van der Waals surface area contributed by atoms with E-state index in [1.54, 1.807) is 48.5 Å². The molecule has 0 aliphatic rings. The van der Waals surface area contributed by atoms with E-state index in [1.165, 1.54) is 6.26 Å². The van der Waals surface area contributed by atoms with Crippen LogP contribution in [0, 0.1) is 0 Å². The zero-order valence-electron chi connectivity index (χ0n) is 13.1. The molecule has 1 unspecified atom stereocenters. The summed E-state index contributed by atoms with van der Waals surface area (Å²) in [4.78, 5) is 16.4. The van der Waals surface area contributed by atoms with E-state index in [1.807, 2.05) is 0 Å². The summed E-state index contributed by atoms with van der Waals surface area (Å²) in [5.41, 5.74) is 7.76. The second-order valence-corrected chi connectivity index (χ2v) is 5.95. The van der Waals surface area contributed by atoms with Gasteiger partial charge in [-0.1, -0.05) is 23.7 Å². The number of carbonyl (C=O) groups excluding carboxylic acids is 1. The van der Waals surface area contributed by atoms with Crippen molar-refractivity contribution in [1.29, 1.82) is 0 Å². The summed E-state index contributed by atoms with van der Waals surface area (Å²) >= 11 is 5.81. The number of aromatic nitrogens is 1. The van der Waals surface area contributed by atoms with Gasteiger partial charge in [0.05, 0.1) is 6.04 Å². The third-order valence-corrected chi connectivity index (χ3v) is 3.82. The van der Waals surface area contributed by atoms with E-state index in [4.69, 9.17) is 21.8 Å². The van der Waals surface area contributed by atoms with Gasteiger partial charge in [0.25, 0.3) is 5.91 Å². The number of phenols is 1. The van der Waals surface area contributed by atoms with Crippen molar-refractivity contribution < 1.29 is 14.3 Å². The number of nitrogens with one attached hydrogen (secondary N) is 1. The van der Waals surface area contributed by atoms with Gasteiger partial charge in [0.2, 0.25) is 5.89 Å². The summed E-state index contributed by atoms with van der Waals surface area (Å²) in [7, 11) is 0. The third-order valence-electron chi connectivity index (χ3n) is 3.57. The number of oxazole rings is 1. The van der Waals surface area contributed by atoms with E-state index in [2.05, 4.69) is 10.3 Å². The van der Waals surface area contributed by atoms with Gasteiger partial charge in [0.1, 0.15) is 12.0 Å². The largest absolute Gasteiger partial charge is 0.508 e. The van der Waals surface area contributed by atoms with Crippen molar-refractivity contribution in [2.75, 3.05) is 5.32 Å². The lowest BCUT2D eigenvalue weighted by molar-refractivity contribution is 0.102. The summed E-state index contributed by atoms with van der Waals surface area (Å²) in [5, 5.41) is 12.6. The molecule has 1 heterocycles. The van der Waals surface area contributed by atoms with Gasteiger partial charge in [0, 0.05) is 10.7 Å². The fourth-order valence-electron chi connectivity index (χ4n) is 2.26. The summed E-state index contributed by atoms with van der Waals surface area (Å²) in [6, 6.07) is 13.0. The van der Waals surface area contributed by atoms with Gasteiger partial charge in [-0.25, -0.2) is 4.98 Å². The number of nitrogens with zero attached hydrogens (tertiary/aromatic N) is 1. The SMILES string of the molecule is NC(Cc1ccc(O)cc1)c1nc(C(=O)Nc2ccc(Cl)cc2)co1. The molecule has 0 saturated carbocycles. The van der Waals surface area contributed by atoms with Crippen LogP contribution in [0.1, 0.15) is 28.0 Å². The smallest absolute Gasteiger partial charge is 0.277 e. The Hall–Kier alpha value is -2.83. The number of anilines is 1. The molecule has 0 aliphatic heterocycles. The first-order chi connectivity index (χ1) is 12.0. The van der Waals surface area contributed by atoms with Crippen molar-refractivity contribution in [3.05, 3.63) is 77.0 Å². The number of benzene rings is 2. The monoisotopic (exact) mass is 357 g/mol. The van der Waals surface area contributed by atoms with Crippen LogP contribution in [-0.2, 0) is 6.42 Å². The molecule has 25 heavy (non-hydrogen) atoms. The first kappa shape index (κ1) is 17.0. The predicted octanol–water partition coefficient (Wildman–Crippen LogP) is 3.53. The highest BCUT2D eigenvalue weighted by Gasteiger charge is 2.17. The van der Waals surface area contributed by atoms with Crippen LogP contribution in [-0.4, -0.2) is 16.0 Å². The van der Waals surface area contributed by atoms with Gasteiger partial charge in [-0.2, -0.15) is 0 Å². The number of amides is 1. The molecule has 3 aromatic rings. The standard InChI is InChI=1S/C18H16ClN3O3/c19-12-3-5-13(6-4-12)21-17(24)16-10-25-18(22-16)15(20)9-11-1-7-14(23)8-2-11/h1-8,10,15,23H,9,20H2,(H,21,24). The Morgan fingerprint density at radius 3 is 2.56 bits per heavy atom. The zero-order chi connectivity index (χ0) is 17.8. The number of carbonyl (C=O) groups is 1. The first-order valence-corrected chi connectivity index (χ1v) is 7.95. The quantitative estimate of drug-likeness (QED) is 0.648. The predicted molar refractivity (Wildman–Crippen MR) is 94.6 cm³/mol. The molecular weight excluding hydrogens is 342 g/mol. The second kappa shape index (κ2) is 7.38. The highest BCUT2D eigenvalue weighted by molar-refractivity contribution is 6.30. The average Bonchev–Trinajstić information content (AvgIpc) is 3.09. The van der Waals surface area contributed by atoms with E-state index in [9.17, 15) is 9.90 Å². The Morgan fingerprint density at radius 1 is 1.20 bits per heavy atom. The van der Waals surface area contributed by atoms with Gasteiger partial charge < -0.3 is 20.6 Å². The van der Waals surface area contributed by atoms with Crippen molar-refractivity contribution in [2.45, 2.75) is 12.5 Å². The van der Waals surface area contributed by atoms with Crippen LogP contribution in [0.25, 0.3) is 0 Å². The molecule has 1 atom stereocenters. The highest BCUT2D eigenvalue weighted by Crippen LogP contribution is 2.19. The van der Waals surface area contributed by atoms with E-state index < -0.39 is 11.9 Å². The van der Waals surface area contributed by atoms with Gasteiger partial charge >= 0.3 is 0 Å². The zero-order valence-corrected chi connectivity index (χ0v) is 13.9. The molecule has 1 aromatic heterocycles. The fraction of sp³-hybridized carbons (Fsp3) is 0.111. The fourth-order valence-corrected chi connectivity index (χ4v) is 2.39. The minimum Gasteiger partial charge on any atom is -0.508 e. The van der Waals surface area contributed by atoms with E-state index in [-0.39, 0.29) is 17.3 Å². The topological polar surface area (TPSA) is 101 Å². The third kappa shape index (κ3) is 4.37. The highest BCUT2D eigenvalue weighted by atomic mass is 35.5. The summed E-state index contributed by atoms with van der Waals surface area (Å²) in [6.07, 6.45) is 1.75. The molecule has 3 rings (SSSR count). The minimum absolute atomic E-state index is 0.145. The minimum atomic E-state index is -0.498. The van der Waals surface area contributed by atoms with Gasteiger partial charge in [-0.15, -0.1) is 0 Å². The van der Waals surface area contributed by atoms with Crippen LogP contribution in [0.3, 0.4) is 0 Å². The van der Waals surface area contributed by atoms with E-state index >= 15 is 0 Å². The number of rotatable bonds is 5. The van der Waals surface area contributed by atoms with Gasteiger partial charge in [-0.3, -0.25) is 4.79 Å². The Labute approximate surface area is 149 Å². The van der Waals surface area contributed by atoms with Crippen LogP contribution in [0.15, 0.2) is 59.2 Å². The summed E-state index contributed by atoms with van der Waals surface area (Å²) in [5.74, 6) is 0.0677. The Balaban J connectivity index is 1.65. The molecule has 2 aromatic carbocycles. The van der Waals surface area contributed by atoms with Crippen molar-refractivity contribution >= 4 is 23.2 Å². The molecule has 0 saturated heterocycles. The van der Waals surface area contributed by atoms with E-state index in [0.717, 1.165) is 5.56 Å². The first-order valence-electron chi connectivity index (χ1n) is 7.57. The molecule has 6 nitrogen and oxygen atoms in total. The van der Waals surface area contributed by atoms with Crippen molar-refractivity contribution in [1.82, 2.24) is 4.98 Å². The van der Waals surface area contributed by atoms with Crippen LogP contribution in [0.4, 0.5) is 5.69 Å². The number of aromatic hydroxyl groups is 1. The van der Waals surface area contributed by atoms with Crippen molar-refractivity contribution in [2.24, 2.45) is 5.73 Å². The second-order valence-electron chi connectivity index (χ2n) is 5.51. The maximum absolute atomic E-state index is 12.2. The lowest BCUT2D eigenvalue weighted by Gasteiger charge is -2.07. The molecule has 0 aliphatic carbocycles. The number of phenolic OH excluding ortho intramolecular Hbond substituents is 1. The molecule has 0 spiro atoms. The van der Waals surface area contributed by atoms with Crippen LogP contribution >= 0.6 is 11.6 Å². The summed E-state index contributed by atoms with van der Waals surface area (Å²) < 4.78 is 5.33. The number of halogens is 1. The lowest BCUT2D eigenvalue weighted by atomic mass is 10.1. The Bertz CT molecular complexity index is 860. The molecule has 0 fully saturated rings. The number of hydrogen-bond donors (Lipinski definition) is 3. The summed E-state index contributed by atoms with van der Waals surface area (Å²) in [6.45, 7) is 0. The normalized spacial score (nSPS) is 11.9. The van der Waals surface area contributed by atoms with Crippen LogP contribution in [0.5, 0.6) is 5.75 Å². The van der Waals surface area contributed by atoms with E-state index in [0.29, 0.717) is 17.1 Å². The van der Waals surface area contributed by atoms with Crippen molar-refractivity contribution in [3.63, 3.8) is 0 Å². The average molecular weight is 358 g/mol. The molecule has 128 valence electrons. The molecule has 1 amide bonds. The molecule has 7 heteroatoms. The van der Waals surface area contributed by atoms with Gasteiger partial charge in [-0.05, 0) is 48.4 Å². The number of hydrogen-bond acceptors (Lipinski definition) is 5. The number of nitrogens with two attached hydrogens (primary N) is 1. The molecule has 0 bridgehead atoms. The van der Waals surface area contributed by atoms with Crippen LogP contribution < -0.4 is 11.1 Å². The maximum atomic E-state index is 12.2. The molecular formula is C18H16ClN3O3. The maximum Gasteiger partial charge on any atom is 0.277 e. The Morgan fingerprint density at radius 2 is 1.88 bits per heavy atom.